The topological polar surface area (TPSA) is 87.7 Å². The summed E-state index contributed by atoms with van der Waals surface area (Å²) in [5, 5.41) is 6.28. The molecule has 2 aliphatic rings. The molecule has 7 nitrogen and oxygen atoms in total. The molecule has 1 aliphatic carbocycles. The molecule has 30 heavy (non-hydrogen) atoms. The zero-order chi connectivity index (χ0) is 21.8. The van der Waals surface area contributed by atoms with E-state index in [1.165, 1.54) is 7.11 Å². The molecule has 1 saturated carbocycles. The van der Waals surface area contributed by atoms with Crippen molar-refractivity contribution in [2.45, 2.75) is 70.5 Å². The average Bonchev–Trinajstić information content (AvgIpc) is 2.68. The molecule has 1 aliphatic heterocycles. The van der Waals surface area contributed by atoms with Gasteiger partial charge in [0, 0.05) is 17.5 Å². The summed E-state index contributed by atoms with van der Waals surface area (Å²) in [4.78, 5) is 40.5. The molecule has 1 aromatic rings. The van der Waals surface area contributed by atoms with Crippen molar-refractivity contribution in [1.29, 1.82) is 0 Å². The fourth-order valence-electron chi connectivity index (χ4n) is 4.41. The number of carbonyl (C=O) groups excluding carboxylic acids is 3. The molecule has 3 amide bonds. The lowest BCUT2D eigenvalue weighted by molar-refractivity contribution is -0.152. The summed E-state index contributed by atoms with van der Waals surface area (Å²) in [6, 6.07) is 4.02. The second-order valence-corrected chi connectivity index (χ2v) is 8.92. The minimum Gasteiger partial charge on any atom is -0.495 e. The Labute approximate surface area is 182 Å². The third-order valence-electron chi connectivity index (χ3n) is 5.74. The molecule has 2 N–H and O–H groups in total. The number of fused-ring (bicyclic) bond motifs is 1. The van der Waals surface area contributed by atoms with Gasteiger partial charge in [0.1, 0.15) is 11.8 Å². The second-order valence-electron chi connectivity index (χ2n) is 8.48. The fraction of sp³-hybridized carbons (Fsp3) is 0.591. The zero-order valence-electron chi connectivity index (χ0n) is 17.7. The van der Waals surface area contributed by atoms with E-state index in [-0.39, 0.29) is 42.1 Å². The summed E-state index contributed by atoms with van der Waals surface area (Å²) >= 11 is 6.04. The summed E-state index contributed by atoms with van der Waals surface area (Å²) in [5.74, 6) is -0.0404. The van der Waals surface area contributed by atoms with Crippen molar-refractivity contribution in [2.24, 2.45) is 5.92 Å². The molecule has 8 heteroatoms. The molecule has 1 heterocycles. The van der Waals surface area contributed by atoms with Crippen LogP contribution in [-0.2, 0) is 14.4 Å². The first-order valence-electron chi connectivity index (χ1n) is 10.5. The number of benzene rings is 1. The predicted molar refractivity (Wildman–Crippen MR) is 116 cm³/mol. The maximum absolute atomic E-state index is 13.1. The standard InChI is InChI=1S/C22H30ClN3O4/c1-13(2)10-21(28)26-17-7-5-4-6-15(17)25-22(29)18(26)12-20(27)24-16-11-14(23)8-9-19(16)30-3/h8-9,11,13,15,17-18H,4-7,10,12H2,1-3H3,(H,24,27)(H,25,29)/t15-,17-,18-/m1/s1. The van der Waals surface area contributed by atoms with Gasteiger partial charge >= 0.3 is 0 Å². The Morgan fingerprint density at radius 3 is 2.73 bits per heavy atom. The quantitative estimate of drug-likeness (QED) is 0.717. The molecule has 1 aromatic carbocycles. The molecule has 164 valence electrons. The van der Waals surface area contributed by atoms with Crippen molar-refractivity contribution in [1.82, 2.24) is 10.2 Å². The molecule has 2 fully saturated rings. The molecule has 0 spiro atoms. The number of nitrogens with zero attached hydrogens (tertiary/aromatic N) is 1. The molecular weight excluding hydrogens is 406 g/mol. The van der Waals surface area contributed by atoms with Gasteiger partial charge in [0.15, 0.2) is 0 Å². The smallest absolute Gasteiger partial charge is 0.243 e. The van der Waals surface area contributed by atoms with Crippen molar-refractivity contribution in [3.8, 4) is 5.75 Å². The highest BCUT2D eigenvalue weighted by molar-refractivity contribution is 6.31. The van der Waals surface area contributed by atoms with Crippen molar-refractivity contribution in [3.05, 3.63) is 23.2 Å². The van der Waals surface area contributed by atoms with Crippen LogP contribution in [0.3, 0.4) is 0 Å². The summed E-state index contributed by atoms with van der Waals surface area (Å²) in [7, 11) is 1.50. The highest BCUT2D eigenvalue weighted by Gasteiger charge is 2.45. The summed E-state index contributed by atoms with van der Waals surface area (Å²) in [6.45, 7) is 3.96. The van der Waals surface area contributed by atoms with Gasteiger partial charge in [-0.15, -0.1) is 0 Å². The lowest BCUT2D eigenvalue weighted by atomic mass is 9.84. The molecule has 0 radical (unpaired) electrons. The SMILES string of the molecule is COc1ccc(Cl)cc1NC(=O)C[C@@H]1C(=O)N[C@@H]2CCCC[C@H]2N1C(=O)CC(C)C. The van der Waals surface area contributed by atoms with E-state index in [4.69, 9.17) is 16.3 Å². The zero-order valence-corrected chi connectivity index (χ0v) is 18.5. The molecule has 3 rings (SSSR count). The van der Waals surface area contributed by atoms with Gasteiger partial charge in [0.25, 0.3) is 0 Å². The van der Waals surface area contributed by atoms with E-state index in [0.717, 1.165) is 25.7 Å². The number of piperazine rings is 1. The number of hydrogen-bond acceptors (Lipinski definition) is 4. The van der Waals surface area contributed by atoms with Gasteiger partial charge < -0.3 is 20.3 Å². The molecule has 0 aromatic heterocycles. The first-order valence-corrected chi connectivity index (χ1v) is 10.9. The van der Waals surface area contributed by atoms with Gasteiger partial charge in [0.05, 0.1) is 25.3 Å². The number of anilines is 1. The summed E-state index contributed by atoms with van der Waals surface area (Å²) < 4.78 is 5.27. The van der Waals surface area contributed by atoms with Crippen LogP contribution in [0, 0.1) is 5.92 Å². The number of methoxy groups -OCH3 is 1. The Bertz CT molecular complexity index is 814. The summed E-state index contributed by atoms with van der Waals surface area (Å²) in [6.07, 6.45) is 4.00. The number of carbonyl (C=O) groups is 3. The third-order valence-corrected chi connectivity index (χ3v) is 5.97. The largest absolute Gasteiger partial charge is 0.495 e. The highest BCUT2D eigenvalue weighted by Crippen LogP contribution is 2.32. The van der Waals surface area contributed by atoms with Crippen molar-refractivity contribution in [2.75, 3.05) is 12.4 Å². The molecule has 0 unspecified atom stereocenters. The van der Waals surface area contributed by atoms with E-state index in [9.17, 15) is 14.4 Å². The van der Waals surface area contributed by atoms with Gasteiger partial charge in [-0.25, -0.2) is 0 Å². The van der Waals surface area contributed by atoms with E-state index < -0.39 is 6.04 Å². The van der Waals surface area contributed by atoms with Crippen LogP contribution in [0.2, 0.25) is 5.02 Å². The molecule has 0 bridgehead atoms. The van der Waals surface area contributed by atoms with Gasteiger partial charge in [-0.3, -0.25) is 14.4 Å². The Morgan fingerprint density at radius 2 is 2.03 bits per heavy atom. The Hall–Kier alpha value is -2.28. The average molecular weight is 436 g/mol. The number of amides is 3. The monoisotopic (exact) mass is 435 g/mol. The normalized spacial score (nSPS) is 23.6. The van der Waals surface area contributed by atoms with Gasteiger partial charge in [-0.1, -0.05) is 38.3 Å². The minimum absolute atomic E-state index is 0.0327. The van der Waals surface area contributed by atoms with Gasteiger partial charge in [-0.05, 0) is 37.0 Å². The lowest BCUT2D eigenvalue weighted by Crippen LogP contribution is -2.68. The summed E-state index contributed by atoms with van der Waals surface area (Å²) in [5.41, 5.74) is 0.432. The van der Waals surface area contributed by atoms with Crippen LogP contribution in [0.5, 0.6) is 5.75 Å². The fourth-order valence-corrected chi connectivity index (χ4v) is 4.58. The Balaban J connectivity index is 1.80. The van der Waals surface area contributed by atoms with E-state index in [1.807, 2.05) is 13.8 Å². The van der Waals surface area contributed by atoms with Crippen molar-refractivity contribution in [3.63, 3.8) is 0 Å². The van der Waals surface area contributed by atoms with E-state index in [0.29, 0.717) is 22.9 Å². The number of ether oxygens (including phenoxy) is 1. The molecule has 1 saturated heterocycles. The Morgan fingerprint density at radius 1 is 1.30 bits per heavy atom. The van der Waals surface area contributed by atoms with E-state index in [1.54, 1.807) is 23.1 Å². The lowest BCUT2D eigenvalue weighted by Gasteiger charge is -2.48. The highest BCUT2D eigenvalue weighted by atomic mass is 35.5. The van der Waals surface area contributed by atoms with Crippen LogP contribution in [-0.4, -0.2) is 47.9 Å². The maximum atomic E-state index is 13.1. The van der Waals surface area contributed by atoms with Gasteiger partial charge in [-0.2, -0.15) is 0 Å². The molecule has 3 atom stereocenters. The van der Waals surface area contributed by atoms with Crippen molar-refractivity contribution < 1.29 is 19.1 Å². The van der Waals surface area contributed by atoms with Crippen LogP contribution in [0.1, 0.15) is 52.4 Å². The second kappa shape index (κ2) is 9.69. The van der Waals surface area contributed by atoms with E-state index >= 15 is 0 Å². The predicted octanol–water partition coefficient (Wildman–Crippen LogP) is 3.36. The van der Waals surface area contributed by atoms with Crippen LogP contribution in [0.4, 0.5) is 5.69 Å². The van der Waals surface area contributed by atoms with E-state index in [2.05, 4.69) is 10.6 Å². The maximum Gasteiger partial charge on any atom is 0.243 e. The molecular formula is C22H30ClN3O4. The number of nitrogens with one attached hydrogen (secondary N) is 2. The van der Waals surface area contributed by atoms with Crippen molar-refractivity contribution >= 4 is 35.0 Å². The number of rotatable bonds is 6. The Kier molecular flexibility index (Phi) is 7.23. The first kappa shape index (κ1) is 22.4. The number of hydrogen-bond donors (Lipinski definition) is 2. The van der Waals surface area contributed by atoms with Crippen LogP contribution < -0.4 is 15.4 Å². The third kappa shape index (κ3) is 5.06. The van der Waals surface area contributed by atoms with Gasteiger partial charge in [0.2, 0.25) is 17.7 Å². The van der Waals surface area contributed by atoms with Crippen LogP contribution in [0.25, 0.3) is 0 Å². The first-order chi connectivity index (χ1) is 14.3. The van der Waals surface area contributed by atoms with Crippen LogP contribution in [0.15, 0.2) is 18.2 Å². The van der Waals surface area contributed by atoms with Crippen LogP contribution >= 0.6 is 11.6 Å². The number of halogens is 1. The minimum atomic E-state index is -0.819.